The average molecular weight is 1010 g/mol. The number of halogens is 3. The highest BCUT2D eigenvalue weighted by atomic mass is 35.5. The van der Waals surface area contributed by atoms with Crippen LogP contribution in [-0.2, 0) is 37.4 Å². The number of benzene rings is 2. The molecule has 0 bridgehead atoms. The standard InChI is InChI=1S/C15H15ClFN3O3S2.C11H8ClNO3.C11H11N5O6S2/c1-23-13(21)8-24-12-7-11(10(17)6-9(12)16)18-14-19-4-2-3-5-20(19)15(22)25-14;12-8-3-4-9(16-6-10(14)15)11-7(8)2-1-5-13-11;1-5-12-9(15-11(13-5)22-2)14-10(19)16-24(20,21)6-3-4-23-7(6)8(17)18/h6-7H,2-5,8H2,1H3;1-5H,6H2,(H,14,15);3-4H,1-2H3,(H,17,18)(H2,12,13,14,15,16,19)/b18-14-;;. The number of nitrogens with zero attached hydrogens (tertiary/aromatic N) is 7. The van der Waals surface area contributed by atoms with Gasteiger partial charge in [0.2, 0.25) is 10.7 Å². The van der Waals surface area contributed by atoms with E-state index in [0.717, 1.165) is 64.8 Å². The number of thioether (sulfide) groups is 1. The maximum Gasteiger partial charge on any atom is 0.347 e. The SMILES string of the molecule is COC(=O)CSc1cc(/N=c2\sc(=O)n3n2CCCC3)c(F)cc1Cl.COc1nc(C)nc(NC(=O)NS(=O)(=O)c2ccsc2C(=O)O)n1.O=C(O)COc1ccc(Cl)c2cccnc12. The lowest BCUT2D eigenvalue weighted by Crippen LogP contribution is -2.35. The molecule has 7 rings (SSSR count). The molecule has 0 aliphatic carbocycles. The summed E-state index contributed by atoms with van der Waals surface area (Å²) in [5.41, 5.74) is 0.649. The van der Waals surface area contributed by atoms with Crippen molar-refractivity contribution in [1.29, 1.82) is 0 Å². The van der Waals surface area contributed by atoms with Crippen molar-refractivity contribution in [3.63, 3.8) is 0 Å². The van der Waals surface area contributed by atoms with Crippen molar-refractivity contribution >= 4 is 114 Å². The summed E-state index contributed by atoms with van der Waals surface area (Å²) in [7, 11) is -1.76. The second-order valence-corrected chi connectivity index (χ2v) is 17.9. The number of aryl methyl sites for hydroxylation is 1. The Labute approximate surface area is 388 Å². The van der Waals surface area contributed by atoms with Crippen LogP contribution in [0.1, 0.15) is 28.3 Å². The van der Waals surface area contributed by atoms with E-state index in [0.29, 0.717) is 39.1 Å². The minimum Gasteiger partial charge on any atom is -0.480 e. The lowest BCUT2D eigenvalue weighted by molar-refractivity contribution is -0.139. The number of anilines is 1. The number of aliphatic carboxylic acids is 1. The first-order chi connectivity index (χ1) is 30.9. The van der Waals surface area contributed by atoms with Gasteiger partial charge in [0.05, 0.1) is 30.0 Å². The topological polar surface area (TPSA) is 285 Å². The van der Waals surface area contributed by atoms with Crippen molar-refractivity contribution in [1.82, 2.24) is 34.0 Å². The van der Waals surface area contributed by atoms with E-state index >= 15 is 0 Å². The molecule has 344 valence electrons. The molecule has 2 aromatic carbocycles. The van der Waals surface area contributed by atoms with E-state index in [1.165, 1.54) is 32.6 Å². The molecule has 65 heavy (non-hydrogen) atoms. The van der Waals surface area contributed by atoms with Crippen LogP contribution in [-0.4, -0.2) is 98.4 Å². The van der Waals surface area contributed by atoms with Gasteiger partial charge < -0.3 is 24.4 Å². The van der Waals surface area contributed by atoms with Crippen molar-refractivity contribution in [2.45, 2.75) is 42.6 Å². The average Bonchev–Trinajstić information content (AvgIpc) is 3.90. The molecule has 5 heterocycles. The van der Waals surface area contributed by atoms with E-state index in [2.05, 4.69) is 35.0 Å². The number of pyridine rings is 1. The van der Waals surface area contributed by atoms with Crippen LogP contribution in [0.15, 0.2) is 73.6 Å². The summed E-state index contributed by atoms with van der Waals surface area (Å²) in [6, 6.07) is 9.33. The number of esters is 1. The fraction of sp³-hybridized carbons (Fsp3) is 0.243. The molecule has 0 atom stereocenters. The monoisotopic (exact) mass is 1010 g/mol. The number of hydrogen-bond acceptors (Lipinski definition) is 18. The third-order valence-corrected chi connectivity index (χ3v) is 13.2. The zero-order valence-electron chi connectivity index (χ0n) is 33.8. The van der Waals surface area contributed by atoms with Gasteiger partial charge in [-0.3, -0.25) is 24.6 Å². The molecular weight excluding hydrogens is 981 g/mol. The van der Waals surface area contributed by atoms with Gasteiger partial charge in [-0.25, -0.2) is 41.6 Å². The van der Waals surface area contributed by atoms with Gasteiger partial charge in [0.25, 0.3) is 10.0 Å². The first kappa shape index (κ1) is 49.8. The summed E-state index contributed by atoms with van der Waals surface area (Å²) in [4.78, 5) is 76.3. The van der Waals surface area contributed by atoms with E-state index < -0.39 is 56.2 Å². The number of nitrogens with one attached hydrogen (secondary N) is 2. The molecule has 4 aromatic heterocycles. The molecule has 21 nitrogen and oxygen atoms in total. The molecule has 0 saturated heterocycles. The summed E-state index contributed by atoms with van der Waals surface area (Å²) < 4.78 is 58.1. The third-order valence-electron chi connectivity index (χ3n) is 8.19. The molecular formula is C37H34Cl2FN9O12S4. The van der Waals surface area contributed by atoms with Gasteiger partial charge in [-0.2, -0.15) is 15.0 Å². The number of thiophene rings is 1. The van der Waals surface area contributed by atoms with Crippen molar-refractivity contribution in [3.8, 4) is 11.8 Å². The Hall–Kier alpha value is -6.19. The summed E-state index contributed by atoms with van der Waals surface area (Å²) in [6.45, 7) is 2.45. The molecule has 0 spiro atoms. The van der Waals surface area contributed by atoms with Crippen molar-refractivity contribution in [2.75, 3.05) is 31.9 Å². The van der Waals surface area contributed by atoms with Gasteiger partial charge in [-0.1, -0.05) is 23.2 Å². The number of urea groups is 1. The number of hydrogen-bond donors (Lipinski definition) is 4. The Morgan fingerprint density at radius 3 is 2.45 bits per heavy atom. The molecule has 2 amide bonds. The van der Waals surface area contributed by atoms with Gasteiger partial charge >= 0.3 is 34.8 Å². The summed E-state index contributed by atoms with van der Waals surface area (Å²) in [5.74, 6) is -2.93. The smallest absolute Gasteiger partial charge is 0.347 e. The Bertz CT molecular complexity index is 3000. The van der Waals surface area contributed by atoms with Gasteiger partial charge in [0, 0.05) is 29.6 Å². The second kappa shape index (κ2) is 22.6. The molecule has 0 saturated carbocycles. The van der Waals surface area contributed by atoms with E-state index in [9.17, 15) is 36.8 Å². The van der Waals surface area contributed by atoms with Crippen LogP contribution in [0, 0.1) is 12.7 Å². The number of carboxylic acids is 2. The van der Waals surface area contributed by atoms with Crippen LogP contribution in [0.5, 0.6) is 11.8 Å². The second-order valence-electron chi connectivity index (χ2n) is 12.6. The van der Waals surface area contributed by atoms with Crippen LogP contribution in [0.2, 0.25) is 10.0 Å². The lowest BCUT2D eigenvalue weighted by atomic mass is 10.2. The van der Waals surface area contributed by atoms with Crippen LogP contribution < -0.4 is 29.2 Å². The predicted octanol–water partition coefficient (Wildman–Crippen LogP) is 5.61. The number of methoxy groups -OCH3 is 2. The quantitative estimate of drug-likeness (QED) is 0.0856. The fourth-order valence-corrected chi connectivity index (χ4v) is 9.74. The maximum atomic E-state index is 14.3. The number of carbonyl (C=O) groups is 4. The predicted molar refractivity (Wildman–Crippen MR) is 237 cm³/mol. The number of carbonyl (C=O) groups excluding carboxylic acids is 2. The summed E-state index contributed by atoms with van der Waals surface area (Å²) in [6.07, 6.45) is 3.50. The Balaban J connectivity index is 0.000000188. The largest absolute Gasteiger partial charge is 0.480 e. The summed E-state index contributed by atoms with van der Waals surface area (Å²) in [5, 5.41) is 22.4. The van der Waals surface area contributed by atoms with Crippen LogP contribution in [0.25, 0.3) is 10.9 Å². The maximum absolute atomic E-state index is 14.3. The zero-order chi connectivity index (χ0) is 47.4. The third kappa shape index (κ3) is 13.4. The lowest BCUT2D eigenvalue weighted by Gasteiger charge is -2.15. The number of aromatic carboxylic acids is 1. The van der Waals surface area contributed by atoms with Crippen LogP contribution in [0.3, 0.4) is 0 Å². The van der Waals surface area contributed by atoms with E-state index in [1.54, 1.807) is 44.5 Å². The number of ether oxygens (including phenoxy) is 3. The Morgan fingerprint density at radius 1 is 1.02 bits per heavy atom. The molecule has 0 fully saturated rings. The normalized spacial score (nSPS) is 12.1. The van der Waals surface area contributed by atoms with Crippen molar-refractivity contribution in [2.24, 2.45) is 4.99 Å². The highest BCUT2D eigenvalue weighted by Crippen LogP contribution is 2.33. The van der Waals surface area contributed by atoms with Crippen LogP contribution in [0.4, 0.5) is 20.8 Å². The van der Waals surface area contributed by atoms with Gasteiger partial charge in [0.15, 0.2) is 6.61 Å². The molecule has 1 aliphatic rings. The van der Waals surface area contributed by atoms with Gasteiger partial charge in [0.1, 0.15) is 38.4 Å². The number of aromatic nitrogens is 6. The van der Waals surface area contributed by atoms with Gasteiger partial charge in [-0.05, 0) is 78.9 Å². The Morgan fingerprint density at radius 2 is 1.75 bits per heavy atom. The van der Waals surface area contributed by atoms with Crippen molar-refractivity contribution < 1.29 is 56.4 Å². The molecule has 0 radical (unpaired) electrons. The highest BCUT2D eigenvalue weighted by molar-refractivity contribution is 8.00. The number of carboxylic acid groups (broad SMARTS) is 2. The molecule has 6 aromatic rings. The van der Waals surface area contributed by atoms with Crippen molar-refractivity contribution in [3.05, 3.63) is 95.1 Å². The first-order valence-electron chi connectivity index (χ1n) is 18.2. The zero-order valence-corrected chi connectivity index (χ0v) is 38.6. The molecule has 4 N–H and O–H groups in total. The molecule has 1 aliphatic heterocycles. The summed E-state index contributed by atoms with van der Waals surface area (Å²) >= 11 is 14.9. The van der Waals surface area contributed by atoms with Crippen LogP contribution >= 0.6 is 57.6 Å². The van der Waals surface area contributed by atoms with Gasteiger partial charge in [-0.15, -0.1) is 23.1 Å². The molecule has 28 heteroatoms. The van der Waals surface area contributed by atoms with E-state index in [1.807, 2.05) is 0 Å². The number of fused-ring (bicyclic) bond motifs is 2. The van der Waals surface area contributed by atoms with E-state index in [4.69, 9.17) is 42.9 Å². The number of sulfonamides is 1. The Kier molecular flexibility index (Phi) is 17.3. The molecule has 0 unspecified atom stereocenters. The first-order valence-corrected chi connectivity index (χ1v) is 23.2. The number of amides is 2. The van der Waals surface area contributed by atoms with E-state index in [-0.39, 0.29) is 39.1 Å². The highest BCUT2D eigenvalue weighted by Gasteiger charge is 2.26. The minimum atomic E-state index is -4.37. The fourth-order valence-electron chi connectivity index (χ4n) is 5.37. The minimum absolute atomic E-state index is 0.0605. The number of rotatable bonds is 12.